The first kappa shape index (κ1) is 21.3. The van der Waals surface area contributed by atoms with Crippen molar-refractivity contribution < 1.29 is 9.53 Å². The molecule has 0 radical (unpaired) electrons. The smallest absolute Gasteiger partial charge is 0.191 e. The highest BCUT2D eigenvalue weighted by molar-refractivity contribution is 7.99. The molecule has 0 saturated heterocycles. The summed E-state index contributed by atoms with van der Waals surface area (Å²) in [6.45, 7) is 8.07. The van der Waals surface area contributed by atoms with Gasteiger partial charge in [-0.3, -0.25) is 9.78 Å². The molecular formula is C21H27N5O2S. The third-order valence-corrected chi connectivity index (χ3v) is 5.90. The topological polar surface area (TPSA) is 74.8 Å². The Balaban J connectivity index is 1.78. The first-order chi connectivity index (χ1) is 14.0. The molecule has 3 heterocycles. The molecule has 29 heavy (non-hydrogen) atoms. The Kier molecular flexibility index (Phi) is 7.22. The van der Waals surface area contributed by atoms with E-state index in [2.05, 4.69) is 19.7 Å². The minimum atomic E-state index is 0.102. The van der Waals surface area contributed by atoms with Crippen LogP contribution in [0.3, 0.4) is 0 Å². The number of carbonyl (C=O) groups excluding carboxylic acids is 1. The van der Waals surface area contributed by atoms with Crippen molar-refractivity contribution in [3.63, 3.8) is 0 Å². The molecule has 0 atom stereocenters. The molecular weight excluding hydrogens is 386 g/mol. The number of carbonyl (C=O) groups is 1. The quantitative estimate of drug-likeness (QED) is 0.287. The van der Waals surface area contributed by atoms with E-state index >= 15 is 0 Å². The minimum Gasteiger partial charge on any atom is -0.382 e. The van der Waals surface area contributed by atoms with Crippen LogP contribution in [-0.2, 0) is 18.3 Å². The summed E-state index contributed by atoms with van der Waals surface area (Å²) in [5.74, 6) is 1.21. The number of thioether (sulfide) groups is 1. The Morgan fingerprint density at radius 2 is 1.97 bits per heavy atom. The summed E-state index contributed by atoms with van der Waals surface area (Å²) in [6.07, 6.45) is 4.33. The number of pyridine rings is 1. The number of rotatable bonds is 10. The molecule has 154 valence electrons. The van der Waals surface area contributed by atoms with Gasteiger partial charge in [0.1, 0.15) is 0 Å². The molecule has 0 spiro atoms. The monoisotopic (exact) mass is 413 g/mol. The second kappa shape index (κ2) is 9.84. The van der Waals surface area contributed by atoms with Gasteiger partial charge in [-0.15, -0.1) is 10.2 Å². The molecule has 8 heteroatoms. The van der Waals surface area contributed by atoms with Gasteiger partial charge in [-0.2, -0.15) is 0 Å². The number of nitrogens with zero attached hydrogens (tertiary/aromatic N) is 5. The zero-order chi connectivity index (χ0) is 20.8. The maximum absolute atomic E-state index is 12.8. The molecule has 0 aliphatic carbocycles. The molecule has 0 saturated carbocycles. The number of aryl methyl sites for hydroxylation is 1. The first-order valence-electron chi connectivity index (χ1n) is 9.73. The Morgan fingerprint density at radius 3 is 2.62 bits per heavy atom. The highest BCUT2D eigenvalue weighted by Crippen LogP contribution is 2.25. The van der Waals surface area contributed by atoms with Crippen LogP contribution in [0.4, 0.5) is 0 Å². The lowest BCUT2D eigenvalue weighted by Gasteiger charge is -2.10. The number of Topliss-reactive ketones (excluding diaryl/α,β-unsaturated/α-hetero) is 1. The van der Waals surface area contributed by atoms with Crippen LogP contribution in [0.25, 0.3) is 11.4 Å². The van der Waals surface area contributed by atoms with E-state index in [1.165, 1.54) is 11.8 Å². The molecule has 0 aliphatic rings. The SMILES string of the molecule is CCOCCCn1c(SCC(=O)c2cc(C)n(C)c2C)nnc1-c1ccncc1. The van der Waals surface area contributed by atoms with E-state index in [0.717, 1.165) is 46.5 Å². The van der Waals surface area contributed by atoms with Crippen LogP contribution in [0.2, 0.25) is 0 Å². The standard InChI is InChI=1S/C21H27N5O2S/c1-5-28-12-6-11-26-20(17-7-9-22-10-8-17)23-24-21(26)29-14-19(27)18-13-15(2)25(4)16(18)3/h7-10,13H,5-6,11-12,14H2,1-4H3. The van der Waals surface area contributed by atoms with Crippen LogP contribution < -0.4 is 0 Å². The normalized spacial score (nSPS) is 11.2. The van der Waals surface area contributed by atoms with Gasteiger partial charge in [-0.25, -0.2) is 0 Å². The second-order valence-electron chi connectivity index (χ2n) is 6.80. The summed E-state index contributed by atoms with van der Waals surface area (Å²) in [7, 11) is 1.98. The zero-order valence-electron chi connectivity index (χ0n) is 17.4. The van der Waals surface area contributed by atoms with Crippen molar-refractivity contribution >= 4 is 17.5 Å². The van der Waals surface area contributed by atoms with Crippen LogP contribution in [0.5, 0.6) is 0 Å². The maximum atomic E-state index is 12.8. The van der Waals surface area contributed by atoms with Crippen molar-refractivity contribution in [2.24, 2.45) is 7.05 Å². The fourth-order valence-corrected chi connectivity index (χ4v) is 3.97. The van der Waals surface area contributed by atoms with Gasteiger partial charge >= 0.3 is 0 Å². The van der Waals surface area contributed by atoms with E-state index in [1.54, 1.807) is 12.4 Å². The summed E-state index contributed by atoms with van der Waals surface area (Å²) in [5.41, 5.74) is 3.80. The minimum absolute atomic E-state index is 0.102. The molecule has 0 aliphatic heterocycles. The third-order valence-electron chi connectivity index (χ3n) is 4.94. The molecule has 3 rings (SSSR count). The third kappa shape index (κ3) is 4.94. The van der Waals surface area contributed by atoms with E-state index in [4.69, 9.17) is 4.74 Å². The maximum Gasteiger partial charge on any atom is 0.191 e. The number of aromatic nitrogens is 5. The Labute approximate surface area is 175 Å². The molecule has 7 nitrogen and oxygen atoms in total. The predicted molar refractivity (Wildman–Crippen MR) is 114 cm³/mol. The van der Waals surface area contributed by atoms with Gasteiger partial charge in [0.05, 0.1) is 5.75 Å². The van der Waals surface area contributed by atoms with Crippen molar-refractivity contribution in [2.45, 2.75) is 38.9 Å². The number of hydrogen-bond acceptors (Lipinski definition) is 6. The van der Waals surface area contributed by atoms with Gasteiger partial charge in [0, 0.05) is 61.7 Å². The fourth-order valence-electron chi connectivity index (χ4n) is 3.13. The van der Waals surface area contributed by atoms with Crippen molar-refractivity contribution in [3.8, 4) is 11.4 Å². The lowest BCUT2D eigenvalue weighted by atomic mass is 10.2. The summed E-state index contributed by atoms with van der Waals surface area (Å²) >= 11 is 1.43. The van der Waals surface area contributed by atoms with Crippen molar-refractivity contribution in [1.82, 2.24) is 24.3 Å². The van der Waals surface area contributed by atoms with E-state index < -0.39 is 0 Å². The highest BCUT2D eigenvalue weighted by Gasteiger charge is 2.18. The van der Waals surface area contributed by atoms with Crippen LogP contribution in [-0.4, -0.2) is 49.1 Å². The average molecular weight is 414 g/mol. The number of ether oxygens (including phenoxy) is 1. The molecule has 3 aromatic rings. The van der Waals surface area contributed by atoms with E-state index in [0.29, 0.717) is 19.0 Å². The van der Waals surface area contributed by atoms with Crippen LogP contribution in [0, 0.1) is 13.8 Å². The highest BCUT2D eigenvalue weighted by atomic mass is 32.2. The van der Waals surface area contributed by atoms with Gasteiger partial charge in [0.2, 0.25) is 0 Å². The van der Waals surface area contributed by atoms with Crippen molar-refractivity contribution in [1.29, 1.82) is 0 Å². The second-order valence-corrected chi connectivity index (χ2v) is 7.74. The van der Waals surface area contributed by atoms with Crippen molar-refractivity contribution in [2.75, 3.05) is 19.0 Å². The molecule has 0 N–H and O–H groups in total. The number of hydrogen-bond donors (Lipinski definition) is 0. The van der Waals surface area contributed by atoms with Crippen molar-refractivity contribution in [3.05, 3.63) is 47.5 Å². The van der Waals surface area contributed by atoms with Gasteiger partial charge in [0.25, 0.3) is 0 Å². The fraction of sp³-hybridized carbons (Fsp3) is 0.429. The Hall–Kier alpha value is -2.45. The zero-order valence-corrected chi connectivity index (χ0v) is 18.2. The predicted octanol–water partition coefficient (Wildman–Crippen LogP) is 3.70. The summed E-state index contributed by atoms with van der Waals surface area (Å²) in [5, 5.41) is 9.48. The molecule has 0 unspecified atom stereocenters. The van der Waals surface area contributed by atoms with Gasteiger partial charge in [-0.1, -0.05) is 11.8 Å². The van der Waals surface area contributed by atoms with Gasteiger partial charge in [-0.05, 0) is 45.4 Å². The lowest BCUT2D eigenvalue weighted by molar-refractivity contribution is 0.102. The largest absolute Gasteiger partial charge is 0.382 e. The van der Waals surface area contributed by atoms with Gasteiger partial charge in [0.15, 0.2) is 16.8 Å². The summed E-state index contributed by atoms with van der Waals surface area (Å²) in [6, 6.07) is 5.78. The Morgan fingerprint density at radius 1 is 1.21 bits per heavy atom. The van der Waals surface area contributed by atoms with E-state index in [-0.39, 0.29) is 5.78 Å². The average Bonchev–Trinajstić information content (AvgIpc) is 3.26. The first-order valence-corrected chi connectivity index (χ1v) is 10.7. The van der Waals surface area contributed by atoms with E-state index in [9.17, 15) is 4.79 Å². The Bertz CT molecular complexity index is 965. The van der Waals surface area contributed by atoms with E-state index in [1.807, 2.05) is 50.6 Å². The van der Waals surface area contributed by atoms with Crippen LogP contribution >= 0.6 is 11.8 Å². The molecule has 0 fully saturated rings. The molecule has 0 aromatic carbocycles. The van der Waals surface area contributed by atoms with Gasteiger partial charge < -0.3 is 13.9 Å². The van der Waals surface area contributed by atoms with Crippen LogP contribution in [0.1, 0.15) is 35.1 Å². The molecule has 0 bridgehead atoms. The molecule has 0 amide bonds. The molecule has 3 aromatic heterocycles. The lowest BCUT2D eigenvalue weighted by Crippen LogP contribution is -2.08. The summed E-state index contributed by atoms with van der Waals surface area (Å²) < 4.78 is 9.57. The number of ketones is 1. The van der Waals surface area contributed by atoms with Crippen LogP contribution in [0.15, 0.2) is 35.7 Å². The summed E-state index contributed by atoms with van der Waals surface area (Å²) in [4.78, 5) is 16.8.